The largest absolute Gasteiger partial charge is 0.359 e. The number of nitrogens with zero attached hydrogens (tertiary/aromatic N) is 3. The molecule has 0 saturated carbocycles. The fourth-order valence-corrected chi connectivity index (χ4v) is 4.40. The average molecular weight is 339 g/mol. The summed E-state index contributed by atoms with van der Waals surface area (Å²) in [5.41, 5.74) is 1.96. The molecule has 1 aromatic heterocycles. The van der Waals surface area contributed by atoms with Gasteiger partial charge in [0.1, 0.15) is 5.69 Å². The van der Waals surface area contributed by atoms with Crippen molar-refractivity contribution in [1.29, 1.82) is 0 Å². The molecule has 2 atom stereocenters. The number of amides is 1. The topological polar surface area (TPSA) is 49.6 Å². The summed E-state index contributed by atoms with van der Waals surface area (Å²) in [6.07, 6.45) is 4.59. The number of carbonyl (C=O) groups excluding carboxylic acids is 1. The van der Waals surface area contributed by atoms with Crippen LogP contribution >= 0.6 is 0 Å². The lowest BCUT2D eigenvalue weighted by Crippen LogP contribution is -2.47. The first-order chi connectivity index (χ1) is 12.2. The highest BCUT2D eigenvalue weighted by Gasteiger charge is 2.38. The van der Waals surface area contributed by atoms with Gasteiger partial charge in [-0.3, -0.25) is 9.69 Å². The van der Waals surface area contributed by atoms with E-state index in [0.29, 0.717) is 12.1 Å². The fraction of sp³-hybridized carbons (Fsp3) is 0.500. The fourth-order valence-electron chi connectivity index (χ4n) is 4.40. The maximum absolute atomic E-state index is 11.9. The monoisotopic (exact) mass is 339 g/mol. The zero-order valence-electron chi connectivity index (χ0n) is 14.7. The van der Waals surface area contributed by atoms with Crippen molar-refractivity contribution >= 4 is 5.91 Å². The second-order valence-corrected chi connectivity index (χ2v) is 7.15. The Labute approximate surface area is 148 Å². The van der Waals surface area contributed by atoms with E-state index in [1.165, 1.54) is 6.42 Å². The van der Waals surface area contributed by atoms with Gasteiger partial charge in [0.05, 0.1) is 6.54 Å². The molecular formula is C20H25N3O2. The summed E-state index contributed by atoms with van der Waals surface area (Å²) in [5, 5.41) is 4.23. The normalized spacial score (nSPS) is 24.1. The van der Waals surface area contributed by atoms with Gasteiger partial charge in [-0.15, -0.1) is 0 Å². The van der Waals surface area contributed by atoms with Crippen molar-refractivity contribution in [2.75, 3.05) is 13.1 Å². The van der Waals surface area contributed by atoms with E-state index in [1.807, 2.05) is 36.4 Å². The van der Waals surface area contributed by atoms with Crippen molar-refractivity contribution in [3.63, 3.8) is 0 Å². The highest BCUT2D eigenvalue weighted by atomic mass is 16.5. The number of rotatable bonds is 4. The summed E-state index contributed by atoms with van der Waals surface area (Å²) in [5.74, 6) is 1.11. The minimum Gasteiger partial charge on any atom is -0.359 e. The second kappa shape index (κ2) is 7.00. The van der Waals surface area contributed by atoms with Gasteiger partial charge in [0.2, 0.25) is 5.91 Å². The van der Waals surface area contributed by atoms with E-state index in [2.05, 4.69) is 15.0 Å². The van der Waals surface area contributed by atoms with Crippen LogP contribution in [0.2, 0.25) is 0 Å². The molecular weight excluding hydrogens is 314 g/mol. The van der Waals surface area contributed by atoms with Crippen LogP contribution in [0.4, 0.5) is 0 Å². The molecule has 25 heavy (non-hydrogen) atoms. The van der Waals surface area contributed by atoms with Crippen LogP contribution in [-0.4, -0.2) is 46.0 Å². The van der Waals surface area contributed by atoms with Crippen molar-refractivity contribution in [3.8, 4) is 11.3 Å². The van der Waals surface area contributed by atoms with Crippen molar-refractivity contribution < 1.29 is 9.32 Å². The average Bonchev–Trinajstić information content (AvgIpc) is 3.36. The molecule has 2 aromatic rings. The Morgan fingerprint density at radius 2 is 1.92 bits per heavy atom. The molecule has 2 fully saturated rings. The molecule has 4 rings (SSSR count). The molecule has 2 saturated heterocycles. The number of carbonyl (C=O) groups is 1. The van der Waals surface area contributed by atoms with E-state index >= 15 is 0 Å². The van der Waals surface area contributed by atoms with Gasteiger partial charge in [-0.25, -0.2) is 0 Å². The van der Waals surface area contributed by atoms with E-state index in [1.54, 1.807) is 6.92 Å². The Balaban J connectivity index is 1.47. The molecule has 2 aliphatic rings. The molecule has 5 nitrogen and oxygen atoms in total. The maximum atomic E-state index is 11.9. The highest BCUT2D eigenvalue weighted by molar-refractivity contribution is 5.74. The Kier molecular flexibility index (Phi) is 4.57. The van der Waals surface area contributed by atoms with Gasteiger partial charge in [-0.05, 0) is 32.2 Å². The molecule has 0 N–H and O–H groups in total. The number of hydrogen-bond donors (Lipinski definition) is 0. The molecule has 5 heteroatoms. The molecule has 2 aliphatic heterocycles. The predicted octanol–water partition coefficient (Wildman–Crippen LogP) is 3.32. The van der Waals surface area contributed by atoms with Crippen LogP contribution in [0.15, 0.2) is 40.9 Å². The third kappa shape index (κ3) is 3.33. The SMILES string of the molecule is CC(=O)N1CCCC1C1CCCN1Cc1cc(-c2ccccc2)no1. The summed E-state index contributed by atoms with van der Waals surface area (Å²) >= 11 is 0. The van der Waals surface area contributed by atoms with E-state index in [9.17, 15) is 4.79 Å². The highest BCUT2D eigenvalue weighted by Crippen LogP contribution is 2.31. The molecule has 0 spiro atoms. The van der Waals surface area contributed by atoms with Crippen molar-refractivity contribution in [2.45, 2.75) is 51.2 Å². The quantitative estimate of drug-likeness (QED) is 0.857. The van der Waals surface area contributed by atoms with E-state index in [-0.39, 0.29) is 5.91 Å². The second-order valence-electron chi connectivity index (χ2n) is 7.15. The Hall–Kier alpha value is -2.14. The Morgan fingerprint density at radius 1 is 1.16 bits per heavy atom. The zero-order chi connectivity index (χ0) is 17.2. The van der Waals surface area contributed by atoms with E-state index in [4.69, 9.17) is 4.52 Å². The van der Waals surface area contributed by atoms with Gasteiger partial charge in [-0.2, -0.15) is 0 Å². The zero-order valence-corrected chi connectivity index (χ0v) is 14.7. The number of hydrogen-bond acceptors (Lipinski definition) is 4. The standard InChI is InChI=1S/C20H25N3O2/c1-15(24)23-12-6-10-20(23)19-9-5-11-22(19)14-17-13-18(21-25-17)16-7-3-2-4-8-16/h2-4,7-8,13,19-20H,5-6,9-12,14H2,1H3. The Morgan fingerprint density at radius 3 is 2.72 bits per heavy atom. The molecule has 1 amide bonds. The van der Waals surface area contributed by atoms with Gasteiger partial charge in [0, 0.05) is 37.2 Å². The van der Waals surface area contributed by atoms with Crippen LogP contribution in [0.25, 0.3) is 11.3 Å². The summed E-state index contributed by atoms with van der Waals surface area (Å²) in [4.78, 5) is 16.5. The summed E-state index contributed by atoms with van der Waals surface area (Å²) in [6, 6.07) is 13.0. The third-order valence-electron chi connectivity index (χ3n) is 5.55. The van der Waals surface area contributed by atoms with Gasteiger partial charge in [-0.1, -0.05) is 35.5 Å². The smallest absolute Gasteiger partial charge is 0.219 e. The molecule has 3 heterocycles. The summed E-state index contributed by atoms with van der Waals surface area (Å²) in [7, 11) is 0. The molecule has 1 aromatic carbocycles. The molecule has 0 radical (unpaired) electrons. The molecule has 132 valence electrons. The molecule has 0 aliphatic carbocycles. The number of likely N-dealkylation sites (tertiary alicyclic amines) is 2. The predicted molar refractivity (Wildman–Crippen MR) is 95.8 cm³/mol. The van der Waals surface area contributed by atoms with Crippen LogP contribution in [0.1, 0.15) is 38.4 Å². The Bertz CT molecular complexity index is 728. The minimum atomic E-state index is 0.209. The first-order valence-corrected chi connectivity index (χ1v) is 9.24. The van der Waals surface area contributed by atoms with Crippen LogP contribution in [0.5, 0.6) is 0 Å². The lowest BCUT2D eigenvalue weighted by atomic mass is 10.0. The lowest BCUT2D eigenvalue weighted by molar-refractivity contribution is -0.130. The van der Waals surface area contributed by atoms with Crippen LogP contribution in [0, 0.1) is 0 Å². The van der Waals surface area contributed by atoms with Crippen molar-refractivity contribution in [3.05, 3.63) is 42.2 Å². The number of aromatic nitrogens is 1. The summed E-state index contributed by atoms with van der Waals surface area (Å²) in [6.45, 7) is 4.44. The van der Waals surface area contributed by atoms with Crippen LogP contribution in [-0.2, 0) is 11.3 Å². The molecule has 2 unspecified atom stereocenters. The third-order valence-corrected chi connectivity index (χ3v) is 5.55. The van der Waals surface area contributed by atoms with Crippen LogP contribution in [0.3, 0.4) is 0 Å². The minimum absolute atomic E-state index is 0.209. The van der Waals surface area contributed by atoms with Crippen molar-refractivity contribution in [1.82, 2.24) is 15.0 Å². The van der Waals surface area contributed by atoms with Gasteiger partial charge in [0.25, 0.3) is 0 Å². The molecule has 0 bridgehead atoms. The van der Waals surface area contributed by atoms with Gasteiger partial charge < -0.3 is 9.42 Å². The van der Waals surface area contributed by atoms with Crippen molar-refractivity contribution in [2.24, 2.45) is 0 Å². The van der Waals surface area contributed by atoms with Gasteiger partial charge in [0.15, 0.2) is 5.76 Å². The summed E-state index contributed by atoms with van der Waals surface area (Å²) < 4.78 is 5.59. The number of benzene rings is 1. The van der Waals surface area contributed by atoms with Gasteiger partial charge >= 0.3 is 0 Å². The van der Waals surface area contributed by atoms with E-state index in [0.717, 1.165) is 55.9 Å². The first kappa shape index (κ1) is 16.3. The maximum Gasteiger partial charge on any atom is 0.219 e. The van der Waals surface area contributed by atoms with Crippen LogP contribution < -0.4 is 0 Å². The lowest BCUT2D eigenvalue weighted by Gasteiger charge is -2.34. The van der Waals surface area contributed by atoms with E-state index < -0.39 is 0 Å². The first-order valence-electron chi connectivity index (χ1n) is 9.24.